The topological polar surface area (TPSA) is 26.3 Å². The van der Waals surface area contributed by atoms with Crippen LogP contribution >= 0.6 is 0 Å². The fourth-order valence-corrected chi connectivity index (χ4v) is 2.11. The first-order valence-electron chi connectivity index (χ1n) is 5.88. The van der Waals surface area contributed by atoms with E-state index in [4.69, 9.17) is 4.74 Å². The van der Waals surface area contributed by atoms with E-state index in [-0.39, 0.29) is 11.9 Å². The van der Waals surface area contributed by atoms with Crippen LogP contribution in [0.3, 0.4) is 0 Å². The van der Waals surface area contributed by atoms with E-state index >= 15 is 0 Å². The van der Waals surface area contributed by atoms with Gasteiger partial charge in [0.1, 0.15) is 0 Å². The lowest BCUT2D eigenvalue weighted by Gasteiger charge is -2.22. The predicted octanol–water partition coefficient (Wildman–Crippen LogP) is 3.94. The van der Waals surface area contributed by atoms with Crippen molar-refractivity contribution in [1.29, 1.82) is 0 Å². The molecule has 0 saturated heterocycles. The summed E-state index contributed by atoms with van der Waals surface area (Å²) in [7, 11) is 0. The van der Waals surface area contributed by atoms with Gasteiger partial charge in [-0.15, -0.1) is 0 Å². The minimum absolute atomic E-state index is 0.173. The van der Waals surface area contributed by atoms with Gasteiger partial charge in [0, 0.05) is 5.57 Å². The van der Waals surface area contributed by atoms with Crippen LogP contribution in [-0.2, 0) is 9.53 Å². The Balaban J connectivity index is 5.49. The molecule has 0 unspecified atom stereocenters. The molecule has 2 nitrogen and oxygen atoms in total. The lowest BCUT2D eigenvalue weighted by molar-refractivity contribution is -0.134. The molecule has 0 radical (unpaired) electrons. The van der Waals surface area contributed by atoms with Gasteiger partial charge in [0.05, 0.1) is 6.26 Å². The average Bonchev–Trinajstić information content (AvgIpc) is 2.11. The third-order valence-electron chi connectivity index (χ3n) is 2.54. The third kappa shape index (κ3) is 3.84. The second kappa shape index (κ2) is 6.51. The molecule has 0 aromatic rings. The Morgan fingerprint density at radius 2 is 1.44 bits per heavy atom. The maximum absolute atomic E-state index is 11.9. The molecule has 0 aliphatic carbocycles. The van der Waals surface area contributed by atoms with Gasteiger partial charge < -0.3 is 4.74 Å². The summed E-state index contributed by atoms with van der Waals surface area (Å²) in [5.74, 6) is 0.624. The number of allylic oxidation sites excluding steroid dienone is 1. The zero-order valence-corrected chi connectivity index (χ0v) is 11.3. The highest BCUT2D eigenvalue weighted by Crippen LogP contribution is 2.28. The normalized spacial score (nSPS) is 10.8. The van der Waals surface area contributed by atoms with E-state index in [0.717, 1.165) is 5.57 Å². The van der Waals surface area contributed by atoms with Crippen LogP contribution in [-0.4, -0.2) is 5.97 Å². The van der Waals surface area contributed by atoms with Gasteiger partial charge in [-0.25, -0.2) is 4.79 Å². The summed E-state index contributed by atoms with van der Waals surface area (Å²) in [6, 6.07) is 0. The van der Waals surface area contributed by atoms with Crippen molar-refractivity contribution in [3.63, 3.8) is 0 Å². The van der Waals surface area contributed by atoms with E-state index < -0.39 is 0 Å². The molecule has 2 heteroatoms. The molecule has 0 spiro atoms. The molecule has 16 heavy (non-hydrogen) atoms. The van der Waals surface area contributed by atoms with E-state index in [1.165, 1.54) is 11.8 Å². The lowest BCUT2D eigenvalue weighted by Crippen LogP contribution is -2.18. The molecule has 0 aromatic heterocycles. The molecule has 0 fully saturated rings. The molecule has 0 rings (SSSR count). The van der Waals surface area contributed by atoms with Crippen molar-refractivity contribution in [2.24, 2.45) is 17.8 Å². The molecular formula is C14H24O2. The van der Waals surface area contributed by atoms with Gasteiger partial charge in [-0.1, -0.05) is 53.7 Å². The molecule has 0 aliphatic rings. The Bertz CT molecular complexity index is 273. The third-order valence-corrected chi connectivity index (χ3v) is 2.54. The molecule has 0 aromatic carbocycles. The van der Waals surface area contributed by atoms with Crippen LogP contribution < -0.4 is 0 Å². The smallest absolute Gasteiger partial charge is 0.339 e. The highest BCUT2D eigenvalue weighted by Gasteiger charge is 2.23. The number of hydrogen-bond acceptors (Lipinski definition) is 2. The van der Waals surface area contributed by atoms with Crippen molar-refractivity contribution in [3.8, 4) is 0 Å². The number of carbonyl (C=O) groups is 1. The van der Waals surface area contributed by atoms with E-state index in [0.29, 0.717) is 11.8 Å². The molecule has 0 heterocycles. The van der Waals surface area contributed by atoms with E-state index in [2.05, 4.69) is 34.3 Å². The highest BCUT2D eigenvalue weighted by molar-refractivity contribution is 5.90. The molecule has 0 N–H and O–H groups in total. The summed E-state index contributed by atoms with van der Waals surface area (Å²) in [6.45, 7) is 15.9. The first-order valence-corrected chi connectivity index (χ1v) is 5.88. The first-order chi connectivity index (χ1) is 7.32. The number of carbonyl (C=O) groups excluding carboxylic acids is 1. The number of ether oxygens (including phenoxy) is 1. The van der Waals surface area contributed by atoms with Gasteiger partial charge in [-0.05, 0) is 17.8 Å². The SMILES string of the molecule is C=COC(=O)C(=C(C(C)C)C(C)C)C(C)C. The Morgan fingerprint density at radius 3 is 1.69 bits per heavy atom. The molecule has 92 valence electrons. The van der Waals surface area contributed by atoms with Crippen molar-refractivity contribution in [2.75, 3.05) is 0 Å². The largest absolute Gasteiger partial charge is 0.432 e. The maximum atomic E-state index is 11.9. The highest BCUT2D eigenvalue weighted by atomic mass is 16.5. The minimum atomic E-state index is -0.262. The first kappa shape index (κ1) is 14.9. The Labute approximate surface area is 99.4 Å². The summed E-state index contributed by atoms with van der Waals surface area (Å²) in [6.07, 6.45) is 1.20. The number of rotatable bonds is 5. The Kier molecular flexibility index (Phi) is 6.09. The number of hydrogen-bond donors (Lipinski definition) is 0. The average molecular weight is 224 g/mol. The van der Waals surface area contributed by atoms with Crippen molar-refractivity contribution in [1.82, 2.24) is 0 Å². The molecule has 0 amide bonds. The maximum Gasteiger partial charge on any atom is 0.339 e. The van der Waals surface area contributed by atoms with E-state index in [1.54, 1.807) is 0 Å². The minimum Gasteiger partial charge on any atom is -0.432 e. The summed E-state index contributed by atoms with van der Waals surface area (Å²) < 4.78 is 4.91. The van der Waals surface area contributed by atoms with E-state index in [9.17, 15) is 4.79 Å². The van der Waals surface area contributed by atoms with Crippen molar-refractivity contribution < 1.29 is 9.53 Å². The van der Waals surface area contributed by atoms with Crippen LogP contribution in [0.2, 0.25) is 0 Å². The van der Waals surface area contributed by atoms with Crippen molar-refractivity contribution >= 4 is 5.97 Å². The van der Waals surface area contributed by atoms with Crippen LogP contribution in [0, 0.1) is 17.8 Å². The van der Waals surface area contributed by atoms with Gasteiger partial charge in [0.15, 0.2) is 0 Å². The molecule has 0 saturated carbocycles. The van der Waals surface area contributed by atoms with Crippen LogP contribution in [0.4, 0.5) is 0 Å². The molecule has 0 bridgehead atoms. The predicted molar refractivity (Wildman–Crippen MR) is 67.8 cm³/mol. The van der Waals surface area contributed by atoms with E-state index in [1.807, 2.05) is 13.8 Å². The zero-order valence-electron chi connectivity index (χ0n) is 11.3. The lowest BCUT2D eigenvalue weighted by atomic mass is 9.84. The van der Waals surface area contributed by atoms with Crippen LogP contribution in [0.1, 0.15) is 41.5 Å². The fraction of sp³-hybridized carbons (Fsp3) is 0.643. The van der Waals surface area contributed by atoms with Gasteiger partial charge >= 0.3 is 5.97 Å². The van der Waals surface area contributed by atoms with Gasteiger partial charge in [0.25, 0.3) is 0 Å². The quantitative estimate of drug-likeness (QED) is 0.402. The van der Waals surface area contributed by atoms with Crippen LogP contribution in [0.15, 0.2) is 24.0 Å². The number of esters is 1. The van der Waals surface area contributed by atoms with Crippen LogP contribution in [0.5, 0.6) is 0 Å². The van der Waals surface area contributed by atoms with Gasteiger partial charge in [-0.2, -0.15) is 0 Å². The summed E-state index contributed by atoms with van der Waals surface area (Å²) in [5.41, 5.74) is 1.98. The van der Waals surface area contributed by atoms with Gasteiger partial charge in [-0.3, -0.25) is 0 Å². The summed E-state index contributed by atoms with van der Waals surface area (Å²) in [5, 5.41) is 0. The second-order valence-electron chi connectivity index (χ2n) is 4.91. The van der Waals surface area contributed by atoms with Gasteiger partial charge in [0.2, 0.25) is 0 Å². The standard InChI is InChI=1S/C14H24O2/c1-8-16-14(15)13(11(6)7)12(9(2)3)10(4)5/h8-11H,1H2,2-7H3. The fourth-order valence-electron chi connectivity index (χ4n) is 2.11. The summed E-state index contributed by atoms with van der Waals surface area (Å²) in [4.78, 5) is 11.9. The summed E-state index contributed by atoms with van der Waals surface area (Å²) >= 11 is 0. The monoisotopic (exact) mass is 224 g/mol. The Morgan fingerprint density at radius 1 is 1.00 bits per heavy atom. The molecular weight excluding hydrogens is 200 g/mol. The molecule has 0 atom stereocenters. The molecule has 0 aliphatic heterocycles. The second-order valence-corrected chi connectivity index (χ2v) is 4.91. The van der Waals surface area contributed by atoms with Crippen LogP contribution in [0.25, 0.3) is 0 Å². The zero-order chi connectivity index (χ0) is 12.9. The van der Waals surface area contributed by atoms with Crippen molar-refractivity contribution in [3.05, 3.63) is 24.0 Å². The Hall–Kier alpha value is -1.05. The van der Waals surface area contributed by atoms with Crippen molar-refractivity contribution in [2.45, 2.75) is 41.5 Å².